The second kappa shape index (κ2) is 4.97. The van der Waals surface area contributed by atoms with Gasteiger partial charge in [0.1, 0.15) is 5.54 Å². The Labute approximate surface area is 98.9 Å². The third-order valence-corrected chi connectivity index (χ3v) is 2.44. The molecule has 1 atom stereocenters. The van der Waals surface area contributed by atoms with Crippen LogP contribution in [0, 0.1) is 0 Å². The molecule has 0 radical (unpaired) electrons. The van der Waals surface area contributed by atoms with Gasteiger partial charge in [-0.2, -0.15) is 0 Å². The maximum Gasteiger partial charge on any atom is 0.323 e. The number of carboxylic acids is 2. The first-order valence-corrected chi connectivity index (χ1v) is 5.13. The number of rotatable bonds is 5. The van der Waals surface area contributed by atoms with Crippen molar-refractivity contribution in [1.29, 1.82) is 0 Å². The molecule has 1 aromatic carbocycles. The molecule has 1 aromatic rings. The molecule has 5 heteroatoms. The molecule has 0 heterocycles. The van der Waals surface area contributed by atoms with Crippen molar-refractivity contribution in [3.8, 4) is 0 Å². The Bertz CT molecular complexity index is 423. The van der Waals surface area contributed by atoms with Crippen LogP contribution >= 0.6 is 0 Å². The summed E-state index contributed by atoms with van der Waals surface area (Å²) in [5.74, 6) is -1.96. The number of hydrogen-bond donors (Lipinski definition) is 3. The highest BCUT2D eigenvalue weighted by molar-refractivity contribution is 5.78. The molecular formula is C12H15NO4. The summed E-state index contributed by atoms with van der Waals surface area (Å²) in [5, 5.41) is 17.5. The van der Waals surface area contributed by atoms with E-state index in [0.29, 0.717) is 5.56 Å². The van der Waals surface area contributed by atoms with Gasteiger partial charge in [0.25, 0.3) is 0 Å². The maximum atomic E-state index is 10.8. The highest BCUT2D eigenvalue weighted by Gasteiger charge is 2.27. The van der Waals surface area contributed by atoms with Crippen LogP contribution in [0.1, 0.15) is 18.1 Å². The minimum Gasteiger partial charge on any atom is -0.481 e. The molecule has 0 aliphatic rings. The summed E-state index contributed by atoms with van der Waals surface area (Å²) in [7, 11) is 0. The van der Waals surface area contributed by atoms with Gasteiger partial charge < -0.3 is 15.9 Å². The van der Waals surface area contributed by atoms with Gasteiger partial charge in [0, 0.05) is 6.42 Å². The highest BCUT2D eigenvalue weighted by Crippen LogP contribution is 2.12. The van der Waals surface area contributed by atoms with Gasteiger partial charge in [-0.05, 0) is 18.1 Å². The summed E-state index contributed by atoms with van der Waals surface area (Å²) < 4.78 is 0. The first-order valence-electron chi connectivity index (χ1n) is 5.13. The highest BCUT2D eigenvalue weighted by atomic mass is 16.4. The van der Waals surface area contributed by atoms with Gasteiger partial charge in [-0.15, -0.1) is 0 Å². The zero-order valence-corrected chi connectivity index (χ0v) is 9.51. The molecule has 0 aromatic heterocycles. The van der Waals surface area contributed by atoms with Crippen molar-refractivity contribution in [2.75, 3.05) is 0 Å². The minimum atomic E-state index is -1.31. The largest absolute Gasteiger partial charge is 0.481 e. The molecule has 0 bridgehead atoms. The Morgan fingerprint density at radius 3 is 2.06 bits per heavy atom. The van der Waals surface area contributed by atoms with Gasteiger partial charge in [-0.1, -0.05) is 24.3 Å². The van der Waals surface area contributed by atoms with Crippen LogP contribution in [0.3, 0.4) is 0 Å². The summed E-state index contributed by atoms with van der Waals surface area (Å²) in [5.41, 5.74) is 5.75. The fourth-order valence-electron chi connectivity index (χ4n) is 1.45. The van der Waals surface area contributed by atoms with Crippen molar-refractivity contribution in [3.63, 3.8) is 0 Å². The lowest BCUT2D eigenvalue weighted by Gasteiger charge is -2.19. The van der Waals surface area contributed by atoms with Crippen molar-refractivity contribution in [2.45, 2.75) is 25.3 Å². The topological polar surface area (TPSA) is 101 Å². The van der Waals surface area contributed by atoms with E-state index in [1.807, 2.05) is 0 Å². The van der Waals surface area contributed by atoms with Crippen molar-refractivity contribution >= 4 is 11.9 Å². The minimum absolute atomic E-state index is 0.0426. The van der Waals surface area contributed by atoms with Gasteiger partial charge in [0.15, 0.2) is 0 Å². The van der Waals surface area contributed by atoms with E-state index >= 15 is 0 Å². The van der Waals surface area contributed by atoms with Crippen molar-refractivity contribution in [2.24, 2.45) is 5.73 Å². The lowest BCUT2D eigenvalue weighted by atomic mass is 9.93. The van der Waals surface area contributed by atoms with Crippen LogP contribution in [0.15, 0.2) is 24.3 Å². The monoisotopic (exact) mass is 237 g/mol. The molecule has 1 rings (SSSR count). The van der Waals surface area contributed by atoms with Crippen LogP contribution in [-0.2, 0) is 22.4 Å². The van der Waals surface area contributed by atoms with Crippen LogP contribution in [-0.4, -0.2) is 27.7 Å². The predicted molar refractivity (Wildman–Crippen MR) is 61.7 cm³/mol. The average Bonchev–Trinajstić information content (AvgIpc) is 2.19. The number of carboxylic acid groups (broad SMARTS) is 2. The zero-order chi connectivity index (χ0) is 13.1. The second-order valence-electron chi connectivity index (χ2n) is 4.29. The molecule has 0 fully saturated rings. The van der Waals surface area contributed by atoms with E-state index in [2.05, 4.69) is 0 Å². The first-order chi connectivity index (χ1) is 7.81. The quantitative estimate of drug-likeness (QED) is 0.698. The molecule has 0 saturated carbocycles. The van der Waals surface area contributed by atoms with Crippen molar-refractivity contribution in [1.82, 2.24) is 0 Å². The lowest BCUT2D eigenvalue weighted by molar-refractivity contribution is -0.142. The van der Waals surface area contributed by atoms with Gasteiger partial charge >= 0.3 is 11.9 Å². The van der Waals surface area contributed by atoms with Crippen LogP contribution < -0.4 is 5.73 Å². The molecular weight excluding hydrogens is 222 g/mol. The number of nitrogens with two attached hydrogens (primary N) is 1. The molecule has 17 heavy (non-hydrogen) atoms. The predicted octanol–water partition coefficient (Wildman–Crippen LogP) is 0.658. The van der Waals surface area contributed by atoms with Crippen LogP contribution in [0.2, 0.25) is 0 Å². The Morgan fingerprint density at radius 1 is 1.18 bits per heavy atom. The molecule has 0 aliphatic heterocycles. The van der Waals surface area contributed by atoms with Crippen LogP contribution in [0.4, 0.5) is 0 Å². The molecule has 0 unspecified atom stereocenters. The summed E-state index contributed by atoms with van der Waals surface area (Å²) in [6.45, 7) is 1.44. The maximum absolute atomic E-state index is 10.8. The number of aliphatic carboxylic acids is 2. The number of hydrogen-bond acceptors (Lipinski definition) is 3. The number of carbonyl (C=O) groups is 2. The molecule has 0 saturated heterocycles. The van der Waals surface area contributed by atoms with E-state index < -0.39 is 17.5 Å². The fraction of sp³-hybridized carbons (Fsp3) is 0.333. The third kappa shape index (κ3) is 3.88. The summed E-state index contributed by atoms with van der Waals surface area (Å²) in [6.07, 6.45) is 0.161. The Kier molecular flexibility index (Phi) is 3.85. The van der Waals surface area contributed by atoms with Crippen LogP contribution in [0.25, 0.3) is 0 Å². The van der Waals surface area contributed by atoms with Gasteiger partial charge in [-0.3, -0.25) is 9.59 Å². The Hall–Kier alpha value is -1.88. The molecule has 5 nitrogen and oxygen atoms in total. The Balaban J connectivity index is 2.75. The average molecular weight is 237 g/mol. The molecule has 0 spiro atoms. The fourth-order valence-corrected chi connectivity index (χ4v) is 1.45. The van der Waals surface area contributed by atoms with Gasteiger partial charge in [0.05, 0.1) is 6.42 Å². The van der Waals surface area contributed by atoms with E-state index in [1.165, 1.54) is 6.92 Å². The van der Waals surface area contributed by atoms with Crippen molar-refractivity contribution in [3.05, 3.63) is 35.4 Å². The standard InChI is InChI=1S/C12H15NO4/c1-12(13,11(16)17)7-9-4-2-8(3-5-9)6-10(14)15/h2-5H,6-7,13H2,1H3,(H,14,15)(H,16,17)/t12-/m0/s1. The number of benzene rings is 1. The van der Waals surface area contributed by atoms with Gasteiger partial charge in [0.2, 0.25) is 0 Å². The summed E-state index contributed by atoms with van der Waals surface area (Å²) in [4.78, 5) is 21.3. The lowest BCUT2D eigenvalue weighted by Crippen LogP contribution is -2.46. The normalized spacial score (nSPS) is 14.0. The zero-order valence-electron chi connectivity index (χ0n) is 9.51. The smallest absolute Gasteiger partial charge is 0.323 e. The third-order valence-electron chi connectivity index (χ3n) is 2.44. The SMILES string of the molecule is C[C@](N)(Cc1ccc(CC(=O)O)cc1)C(=O)O. The summed E-state index contributed by atoms with van der Waals surface area (Å²) in [6, 6.07) is 6.74. The van der Waals surface area contributed by atoms with Crippen LogP contribution in [0.5, 0.6) is 0 Å². The molecule has 0 aliphatic carbocycles. The van der Waals surface area contributed by atoms with E-state index in [1.54, 1.807) is 24.3 Å². The molecule has 4 N–H and O–H groups in total. The first kappa shape index (κ1) is 13.2. The van der Waals surface area contributed by atoms with E-state index in [9.17, 15) is 9.59 Å². The molecule has 92 valence electrons. The summed E-state index contributed by atoms with van der Waals surface area (Å²) >= 11 is 0. The van der Waals surface area contributed by atoms with Gasteiger partial charge in [-0.25, -0.2) is 0 Å². The van der Waals surface area contributed by atoms with E-state index in [-0.39, 0.29) is 12.8 Å². The van der Waals surface area contributed by atoms with E-state index in [0.717, 1.165) is 5.56 Å². The second-order valence-corrected chi connectivity index (χ2v) is 4.29. The van der Waals surface area contributed by atoms with Crippen molar-refractivity contribution < 1.29 is 19.8 Å². The van der Waals surface area contributed by atoms with E-state index in [4.69, 9.17) is 15.9 Å². The molecule has 0 amide bonds. The Morgan fingerprint density at radius 2 is 1.65 bits per heavy atom.